The van der Waals surface area contributed by atoms with Crippen LogP contribution in [0.3, 0.4) is 0 Å². The van der Waals surface area contributed by atoms with Gasteiger partial charge >= 0.3 is 12.4 Å². The number of amidine groups is 1. The van der Waals surface area contributed by atoms with Crippen molar-refractivity contribution in [3.05, 3.63) is 89.2 Å². The molecule has 1 fully saturated rings. The molecular weight excluding hydrogens is 589 g/mol. The zero-order valence-electron chi connectivity index (χ0n) is 24.7. The van der Waals surface area contributed by atoms with Gasteiger partial charge in [0.05, 0.1) is 5.69 Å². The van der Waals surface area contributed by atoms with Crippen LogP contribution in [0.5, 0.6) is 5.75 Å². The molecule has 0 bridgehead atoms. The highest BCUT2D eigenvalue weighted by Crippen LogP contribution is 2.32. The van der Waals surface area contributed by atoms with Crippen molar-refractivity contribution in [3.63, 3.8) is 0 Å². The van der Waals surface area contributed by atoms with E-state index in [1.807, 2.05) is 31.2 Å². The van der Waals surface area contributed by atoms with Crippen LogP contribution in [0, 0.1) is 20.8 Å². The van der Waals surface area contributed by atoms with Gasteiger partial charge in [0.2, 0.25) is 0 Å². The van der Waals surface area contributed by atoms with Gasteiger partial charge in [-0.15, -0.1) is 18.3 Å². The largest absolute Gasteiger partial charge is 0.573 e. The van der Waals surface area contributed by atoms with Crippen LogP contribution in [0.4, 0.5) is 23.7 Å². The molecule has 0 spiro atoms. The van der Waals surface area contributed by atoms with Gasteiger partial charge < -0.3 is 9.64 Å². The molecule has 1 atom stereocenters. The highest BCUT2D eigenvalue weighted by Gasteiger charge is 2.31. The Balaban J connectivity index is 1.24. The smallest absolute Gasteiger partial charge is 0.406 e. The van der Waals surface area contributed by atoms with E-state index in [1.54, 1.807) is 18.0 Å². The average molecular weight is 621 g/mol. The number of hydrogen-bond donors (Lipinski definition) is 0. The molecule has 0 N–H and O–H groups in total. The van der Waals surface area contributed by atoms with Gasteiger partial charge in [0.1, 0.15) is 12.1 Å². The Kier molecular flexibility index (Phi) is 9.19. The maximum atomic E-state index is 12.8. The van der Waals surface area contributed by atoms with E-state index in [0.29, 0.717) is 16.7 Å². The number of alkyl halides is 3. The number of aromatic nitrogens is 3. The summed E-state index contributed by atoms with van der Waals surface area (Å²) in [4.78, 5) is 27.7. The maximum absolute atomic E-state index is 12.8. The van der Waals surface area contributed by atoms with Gasteiger partial charge in [0, 0.05) is 35.7 Å². The molecule has 1 aliphatic rings. The number of aliphatic imine (C=N–C) groups is 2. The number of carbonyl (C=O) groups is 1. The lowest BCUT2D eigenvalue weighted by atomic mass is 10.0. The van der Waals surface area contributed by atoms with Crippen molar-refractivity contribution in [3.8, 4) is 22.8 Å². The molecule has 2 amide bonds. The molecule has 4 aromatic rings. The van der Waals surface area contributed by atoms with Crippen LogP contribution in [0.15, 0.2) is 77.0 Å². The van der Waals surface area contributed by atoms with Crippen LogP contribution in [-0.4, -0.2) is 50.8 Å². The second kappa shape index (κ2) is 13.0. The molecule has 5 rings (SSSR count). The van der Waals surface area contributed by atoms with Crippen LogP contribution < -0.4 is 9.64 Å². The lowest BCUT2D eigenvalue weighted by Gasteiger charge is -2.32. The lowest BCUT2D eigenvalue weighted by Crippen LogP contribution is -2.35. The molecule has 0 saturated carbocycles. The first kappa shape index (κ1) is 31.0. The van der Waals surface area contributed by atoms with Gasteiger partial charge in [0.15, 0.2) is 11.0 Å². The van der Waals surface area contributed by atoms with E-state index >= 15 is 0 Å². The third-order valence-corrected chi connectivity index (χ3v) is 8.08. The highest BCUT2D eigenvalue weighted by molar-refractivity contribution is 8.14. The van der Waals surface area contributed by atoms with Gasteiger partial charge in [-0.25, -0.2) is 19.5 Å². The molecular formula is C32H31F3N6O2S. The van der Waals surface area contributed by atoms with Gasteiger partial charge in [-0.2, -0.15) is 4.99 Å². The Bertz CT molecular complexity index is 1680. The summed E-state index contributed by atoms with van der Waals surface area (Å²) < 4.78 is 42.6. The molecule has 44 heavy (non-hydrogen) atoms. The quantitative estimate of drug-likeness (QED) is 0.203. The number of nitrogens with zero attached hydrogens (tertiary/aromatic N) is 6. The Hall–Kier alpha value is -4.45. The summed E-state index contributed by atoms with van der Waals surface area (Å²) in [5.74, 6) is 0.891. The topological polar surface area (TPSA) is 85.0 Å². The first-order chi connectivity index (χ1) is 21.0. The Morgan fingerprint density at radius 2 is 1.73 bits per heavy atom. The molecule has 1 aromatic heterocycles. The minimum Gasteiger partial charge on any atom is -0.406 e. The van der Waals surface area contributed by atoms with Crippen LogP contribution in [0.1, 0.15) is 41.5 Å². The average Bonchev–Trinajstić information content (AvgIpc) is 3.46. The van der Waals surface area contributed by atoms with E-state index in [-0.39, 0.29) is 11.7 Å². The monoisotopic (exact) mass is 620 g/mol. The van der Waals surface area contributed by atoms with E-state index in [9.17, 15) is 18.0 Å². The van der Waals surface area contributed by atoms with E-state index in [2.05, 4.69) is 62.6 Å². The fourth-order valence-electron chi connectivity index (χ4n) is 5.09. The lowest BCUT2D eigenvalue weighted by molar-refractivity contribution is -0.274. The van der Waals surface area contributed by atoms with Crippen LogP contribution in [-0.2, 0) is 0 Å². The summed E-state index contributed by atoms with van der Waals surface area (Å²) in [7, 11) is 0. The SMILES string of the molecule is Cc1cc(C)c(N2CCCSC2=NC(=O)N=CC(C)c2ccc(-c3ncn(-c4ccc(OC(F)(F)F)cc4)n3)cc2)c(C)c1. The first-order valence-electron chi connectivity index (χ1n) is 14.0. The number of anilines is 1. The second-order valence-electron chi connectivity index (χ2n) is 10.5. The van der Waals surface area contributed by atoms with E-state index < -0.39 is 12.4 Å². The number of urea groups is 1. The molecule has 2 heterocycles. The third kappa shape index (κ3) is 7.54. The zero-order chi connectivity index (χ0) is 31.4. The Morgan fingerprint density at radius 1 is 1.05 bits per heavy atom. The number of benzene rings is 3. The molecule has 1 unspecified atom stereocenters. The molecule has 228 valence electrons. The van der Waals surface area contributed by atoms with Crippen molar-refractivity contribution in [2.45, 2.75) is 46.4 Å². The van der Waals surface area contributed by atoms with Crippen molar-refractivity contribution in [2.75, 3.05) is 17.2 Å². The summed E-state index contributed by atoms with van der Waals surface area (Å²) in [6.07, 6.45) is -0.665. The molecule has 0 aliphatic carbocycles. The summed E-state index contributed by atoms with van der Waals surface area (Å²) in [5, 5.41) is 5.11. The third-order valence-electron chi connectivity index (χ3n) is 7.01. The minimum atomic E-state index is -4.75. The number of halogens is 3. The fraction of sp³-hybridized carbons (Fsp3) is 0.281. The molecule has 3 aromatic carbocycles. The summed E-state index contributed by atoms with van der Waals surface area (Å²) in [5.41, 5.74) is 6.84. The second-order valence-corrected chi connectivity index (χ2v) is 11.6. The number of amides is 2. The Labute approximate surface area is 257 Å². The van der Waals surface area contributed by atoms with Crippen molar-refractivity contribution in [2.24, 2.45) is 9.98 Å². The van der Waals surface area contributed by atoms with Gasteiger partial charge in [-0.05, 0) is 68.1 Å². The van der Waals surface area contributed by atoms with E-state index in [0.717, 1.165) is 46.7 Å². The van der Waals surface area contributed by atoms with E-state index in [4.69, 9.17) is 0 Å². The molecule has 1 aliphatic heterocycles. The number of carbonyl (C=O) groups excluding carboxylic acids is 1. The molecule has 8 nitrogen and oxygen atoms in total. The van der Waals surface area contributed by atoms with Crippen molar-refractivity contribution < 1.29 is 22.7 Å². The van der Waals surface area contributed by atoms with Gasteiger partial charge in [-0.3, -0.25) is 0 Å². The normalized spacial score (nSPS) is 15.6. The van der Waals surface area contributed by atoms with Crippen LogP contribution in [0.2, 0.25) is 0 Å². The number of ether oxygens (including phenoxy) is 1. The summed E-state index contributed by atoms with van der Waals surface area (Å²) in [6, 6.07) is 16.7. The Morgan fingerprint density at radius 3 is 2.39 bits per heavy atom. The predicted molar refractivity (Wildman–Crippen MR) is 168 cm³/mol. The number of rotatable bonds is 6. The summed E-state index contributed by atoms with van der Waals surface area (Å²) in [6.45, 7) is 8.98. The number of aryl methyl sites for hydroxylation is 3. The zero-order valence-corrected chi connectivity index (χ0v) is 25.5. The highest BCUT2D eigenvalue weighted by atomic mass is 32.2. The first-order valence-corrected chi connectivity index (χ1v) is 15.0. The van der Waals surface area contributed by atoms with Crippen molar-refractivity contribution >= 4 is 34.9 Å². The molecule has 12 heteroatoms. The number of thioether (sulfide) groups is 1. The van der Waals surface area contributed by atoms with Crippen molar-refractivity contribution in [1.82, 2.24) is 14.8 Å². The van der Waals surface area contributed by atoms with Crippen LogP contribution in [0.25, 0.3) is 17.1 Å². The molecule has 1 saturated heterocycles. The van der Waals surface area contributed by atoms with Crippen molar-refractivity contribution in [1.29, 1.82) is 0 Å². The summed E-state index contributed by atoms with van der Waals surface area (Å²) >= 11 is 1.57. The predicted octanol–water partition coefficient (Wildman–Crippen LogP) is 8.05. The minimum absolute atomic E-state index is 0.146. The standard InChI is InChI=1S/C32H31F3N6O2S/c1-20-16-21(2)28(22(3)17-20)40-14-5-15-44-31(40)38-30(42)36-18-23(4)24-6-8-25(9-7-24)29-37-19-41(39-29)26-10-12-27(13-11-26)43-32(33,34)35/h6-13,16-19,23H,5,14-15H2,1-4H3. The van der Waals surface area contributed by atoms with Gasteiger partial charge in [0.25, 0.3) is 0 Å². The van der Waals surface area contributed by atoms with Gasteiger partial charge in [-0.1, -0.05) is 60.6 Å². The van der Waals surface area contributed by atoms with Crippen LogP contribution >= 0.6 is 11.8 Å². The van der Waals surface area contributed by atoms with E-state index in [1.165, 1.54) is 40.8 Å². The fourth-order valence-corrected chi connectivity index (χ4v) is 6.02. The molecule has 0 radical (unpaired) electrons. The maximum Gasteiger partial charge on any atom is 0.573 e. The number of hydrogen-bond acceptors (Lipinski definition) is 5.